The number of rotatable bonds is 60. The third kappa shape index (κ3) is 64.6. The molecule has 0 aliphatic carbocycles. The molecule has 0 aliphatic rings. The molecule has 80 heavy (non-hydrogen) atoms. The Bertz CT molecular complexity index is 1650. The molecule has 0 aromatic carbocycles. The first-order valence-electron chi connectivity index (χ1n) is 33.5. The van der Waals surface area contributed by atoms with Gasteiger partial charge in [0.25, 0.3) is 0 Å². The van der Waals surface area contributed by atoms with Gasteiger partial charge in [-0.05, 0) is 128 Å². The van der Waals surface area contributed by atoms with Gasteiger partial charge in [0.1, 0.15) is 13.2 Å². The Hall–Kier alpha value is -4.19. The topological polar surface area (TPSA) is 78.9 Å². The monoisotopic (exact) mass is 1110 g/mol. The zero-order chi connectivity index (χ0) is 57.8. The molecular weight excluding hydrogens is 985 g/mol. The van der Waals surface area contributed by atoms with Gasteiger partial charge in [0.15, 0.2) is 6.10 Å². The van der Waals surface area contributed by atoms with Crippen LogP contribution in [0.3, 0.4) is 0 Å². The van der Waals surface area contributed by atoms with Crippen molar-refractivity contribution < 1.29 is 28.6 Å². The molecule has 0 saturated heterocycles. The Balaban J connectivity index is 4.14. The Kier molecular flexibility index (Phi) is 63.8. The third-order valence-electron chi connectivity index (χ3n) is 14.2. The second kappa shape index (κ2) is 67.3. The van der Waals surface area contributed by atoms with Crippen molar-refractivity contribution in [3.63, 3.8) is 0 Å². The summed E-state index contributed by atoms with van der Waals surface area (Å²) >= 11 is 0. The van der Waals surface area contributed by atoms with E-state index in [9.17, 15) is 14.4 Å². The predicted octanol–water partition coefficient (Wildman–Crippen LogP) is 23.2. The summed E-state index contributed by atoms with van der Waals surface area (Å²) in [5, 5.41) is 0. The highest BCUT2D eigenvalue weighted by Gasteiger charge is 2.19. The van der Waals surface area contributed by atoms with Crippen LogP contribution in [-0.4, -0.2) is 37.2 Å². The molecule has 0 heterocycles. The fraction of sp³-hybridized carbons (Fsp3) is 0.689. The average Bonchev–Trinajstić information content (AvgIpc) is 3.46. The summed E-state index contributed by atoms with van der Waals surface area (Å²) < 4.78 is 16.9. The van der Waals surface area contributed by atoms with Crippen LogP contribution in [0.25, 0.3) is 0 Å². The van der Waals surface area contributed by atoms with Gasteiger partial charge in [-0.1, -0.05) is 284 Å². The molecule has 0 N–H and O–H groups in total. The van der Waals surface area contributed by atoms with Gasteiger partial charge >= 0.3 is 17.9 Å². The molecule has 0 aromatic heterocycles. The van der Waals surface area contributed by atoms with Crippen LogP contribution in [0.15, 0.2) is 122 Å². The maximum absolute atomic E-state index is 12.9. The van der Waals surface area contributed by atoms with Gasteiger partial charge in [-0.25, -0.2) is 0 Å². The standard InChI is InChI=1S/C74H124O6/c1-4-7-10-13-16-19-22-25-27-28-29-30-31-32-33-34-35-36-37-38-39-40-41-42-43-44-45-46-48-49-52-55-58-61-64-67-73(76)79-70-71(69-78-72(75)66-63-60-57-54-51-24-21-18-15-12-9-6-3)80-74(77)68-65-62-59-56-53-50-47-26-23-20-17-14-11-8-5-2/h7-8,10-11,16-21,25-27,29-30,32-33,35-36,47,71H,4-6,9,12-15,22-24,28,31,34,37-46,48-70H2,1-3H3/b10-7-,11-8-,19-16-,20-17-,21-18-,27-25-,30-29-,33-32-,36-35-,47-26-. The lowest BCUT2D eigenvalue weighted by atomic mass is 10.0. The summed E-state index contributed by atoms with van der Waals surface area (Å²) in [6, 6.07) is 0. The molecule has 0 saturated carbocycles. The Morgan fingerprint density at radius 1 is 0.263 bits per heavy atom. The molecule has 0 amide bonds. The van der Waals surface area contributed by atoms with Crippen molar-refractivity contribution in [3.8, 4) is 0 Å². The first-order chi connectivity index (χ1) is 39.5. The Morgan fingerprint density at radius 3 is 0.775 bits per heavy atom. The first kappa shape index (κ1) is 75.8. The zero-order valence-electron chi connectivity index (χ0n) is 52.3. The molecule has 0 rings (SSSR count). The van der Waals surface area contributed by atoms with Crippen molar-refractivity contribution in [3.05, 3.63) is 122 Å². The number of esters is 3. The number of ether oxygens (including phenoxy) is 3. The molecule has 456 valence electrons. The summed E-state index contributed by atoms with van der Waals surface area (Å²) in [7, 11) is 0. The van der Waals surface area contributed by atoms with Crippen LogP contribution in [0.4, 0.5) is 0 Å². The number of hydrogen-bond acceptors (Lipinski definition) is 6. The number of hydrogen-bond donors (Lipinski definition) is 0. The van der Waals surface area contributed by atoms with E-state index in [0.29, 0.717) is 19.3 Å². The average molecular weight is 1110 g/mol. The van der Waals surface area contributed by atoms with Gasteiger partial charge in [0.2, 0.25) is 0 Å². The van der Waals surface area contributed by atoms with Crippen LogP contribution in [0.5, 0.6) is 0 Å². The molecule has 0 aromatic rings. The molecule has 0 bridgehead atoms. The third-order valence-corrected chi connectivity index (χ3v) is 14.2. The number of allylic oxidation sites excluding steroid dienone is 20. The minimum absolute atomic E-state index is 0.0869. The van der Waals surface area contributed by atoms with Crippen LogP contribution in [-0.2, 0) is 28.6 Å². The Labute approximate surface area is 494 Å². The van der Waals surface area contributed by atoms with E-state index >= 15 is 0 Å². The van der Waals surface area contributed by atoms with Crippen LogP contribution < -0.4 is 0 Å². The van der Waals surface area contributed by atoms with E-state index in [1.165, 1.54) is 128 Å². The predicted molar refractivity (Wildman–Crippen MR) is 348 cm³/mol. The van der Waals surface area contributed by atoms with Gasteiger partial charge < -0.3 is 14.2 Å². The lowest BCUT2D eigenvalue weighted by molar-refractivity contribution is -0.167. The number of unbranched alkanes of at least 4 members (excludes halogenated alkanes) is 29. The molecular formula is C74H124O6. The van der Waals surface area contributed by atoms with E-state index in [0.717, 1.165) is 141 Å². The molecule has 6 nitrogen and oxygen atoms in total. The van der Waals surface area contributed by atoms with Gasteiger partial charge in [-0.3, -0.25) is 14.4 Å². The minimum atomic E-state index is -0.791. The van der Waals surface area contributed by atoms with E-state index in [1.54, 1.807) is 0 Å². The van der Waals surface area contributed by atoms with Crippen LogP contribution in [0.2, 0.25) is 0 Å². The highest BCUT2D eigenvalue weighted by Crippen LogP contribution is 2.16. The maximum Gasteiger partial charge on any atom is 0.306 e. The van der Waals surface area contributed by atoms with E-state index in [2.05, 4.69) is 142 Å². The lowest BCUT2D eigenvalue weighted by Gasteiger charge is -2.18. The number of carbonyl (C=O) groups is 3. The highest BCUT2D eigenvalue weighted by molar-refractivity contribution is 5.71. The normalized spacial score (nSPS) is 12.9. The number of carbonyl (C=O) groups excluding carboxylic acids is 3. The minimum Gasteiger partial charge on any atom is -0.462 e. The van der Waals surface area contributed by atoms with Gasteiger partial charge in [-0.2, -0.15) is 0 Å². The lowest BCUT2D eigenvalue weighted by Crippen LogP contribution is -2.30. The summed E-state index contributed by atoms with van der Waals surface area (Å²) in [5.74, 6) is -0.907. The summed E-state index contributed by atoms with van der Waals surface area (Å²) in [5.41, 5.74) is 0. The molecule has 1 unspecified atom stereocenters. The van der Waals surface area contributed by atoms with E-state index < -0.39 is 6.10 Å². The van der Waals surface area contributed by atoms with E-state index in [4.69, 9.17) is 14.2 Å². The quantitative estimate of drug-likeness (QED) is 0.0261. The summed E-state index contributed by atoms with van der Waals surface area (Å²) in [4.78, 5) is 38.3. The maximum atomic E-state index is 12.9. The van der Waals surface area contributed by atoms with Gasteiger partial charge in [0.05, 0.1) is 0 Å². The van der Waals surface area contributed by atoms with Crippen LogP contribution in [0.1, 0.15) is 310 Å². The second-order valence-electron chi connectivity index (χ2n) is 22.0. The van der Waals surface area contributed by atoms with Gasteiger partial charge in [0, 0.05) is 19.3 Å². The first-order valence-corrected chi connectivity index (χ1v) is 33.5. The van der Waals surface area contributed by atoms with Gasteiger partial charge in [-0.15, -0.1) is 0 Å². The largest absolute Gasteiger partial charge is 0.462 e. The van der Waals surface area contributed by atoms with Crippen molar-refractivity contribution in [1.82, 2.24) is 0 Å². The highest BCUT2D eigenvalue weighted by atomic mass is 16.6. The molecule has 0 fully saturated rings. The van der Waals surface area contributed by atoms with Crippen LogP contribution >= 0.6 is 0 Å². The van der Waals surface area contributed by atoms with Crippen molar-refractivity contribution >= 4 is 17.9 Å². The Morgan fingerprint density at radius 2 is 0.487 bits per heavy atom. The molecule has 1 atom stereocenters. The second-order valence-corrected chi connectivity index (χ2v) is 22.0. The molecule has 6 heteroatoms. The smallest absolute Gasteiger partial charge is 0.306 e. The van der Waals surface area contributed by atoms with E-state index in [1.807, 2.05) is 0 Å². The molecule has 0 aliphatic heterocycles. The molecule has 0 radical (unpaired) electrons. The SMILES string of the molecule is CC/C=C\C/C=C\C/C=C\C/C=C\C/C=C\C/C=C\CCCCCCCCCCCCCCCCCCC(=O)OCC(COC(=O)CCCCCCC/C=C\CCCCC)OC(=O)CCCCCCC/C=C\C/C=C\C/C=C\CC. The summed E-state index contributed by atoms with van der Waals surface area (Å²) in [6.07, 6.45) is 93.7. The van der Waals surface area contributed by atoms with E-state index in [-0.39, 0.29) is 31.1 Å². The zero-order valence-corrected chi connectivity index (χ0v) is 52.3. The van der Waals surface area contributed by atoms with Crippen molar-refractivity contribution in [2.24, 2.45) is 0 Å². The van der Waals surface area contributed by atoms with Crippen molar-refractivity contribution in [1.29, 1.82) is 0 Å². The summed E-state index contributed by atoms with van der Waals surface area (Å²) in [6.45, 7) is 6.38. The molecule has 0 spiro atoms. The fourth-order valence-corrected chi connectivity index (χ4v) is 9.22. The fourth-order valence-electron chi connectivity index (χ4n) is 9.22. The van der Waals surface area contributed by atoms with Crippen molar-refractivity contribution in [2.75, 3.05) is 13.2 Å². The van der Waals surface area contributed by atoms with Crippen molar-refractivity contribution in [2.45, 2.75) is 316 Å². The van der Waals surface area contributed by atoms with Crippen LogP contribution in [0, 0.1) is 0 Å².